The first-order valence-corrected chi connectivity index (χ1v) is 8.14. The fraction of sp³-hybridized carbons (Fsp3) is 0.538. The minimum Gasteiger partial charge on any atom is -0.207 e. The molecule has 23 heavy (non-hydrogen) atoms. The van der Waals surface area contributed by atoms with E-state index >= 15 is 0 Å². The van der Waals surface area contributed by atoms with Gasteiger partial charge in [-0.3, -0.25) is 0 Å². The van der Waals surface area contributed by atoms with Crippen molar-refractivity contribution in [1.29, 1.82) is 0 Å². The Labute approximate surface area is 128 Å². The molecule has 10 heteroatoms. The number of sulfonamides is 1. The summed E-state index contributed by atoms with van der Waals surface area (Å²) in [5.74, 6) is 0. The third-order valence-electron chi connectivity index (χ3n) is 3.60. The van der Waals surface area contributed by atoms with Gasteiger partial charge in [0.25, 0.3) is 0 Å². The molecule has 3 nitrogen and oxygen atoms in total. The summed E-state index contributed by atoms with van der Waals surface area (Å²) in [6.45, 7) is -0.372. The van der Waals surface area contributed by atoms with Gasteiger partial charge in [-0.05, 0) is 31.0 Å². The van der Waals surface area contributed by atoms with Crippen LogP contribution in [0.3, 0.4) is 0 Å². The number of hydrogen-bond donors (Lipinski definition) is 0. The van der Waals surface area contributed by atoms with E-state index in [-0.39, 0.29) is 23.7 Å². The van der Waals surface area contributed by atoms with Gasteiger partial charge in [0, 0.05) is 6.54 Å². The standard InChI is InChI=1S/C13H13F6NO2S/c14-12(15,16)9-4-3-5-10(8-9)23(21,22)20-7-2-1-6-11(20)13(17,18)19/h3-5,8,11H,1-2,6-7H2. The van der Waals surface area contributed by atoms with Crippen LogP contribution in [0.4, 0.5) is 26.3 Å². The van der Waals surface area contributed by atoms with E-state index < -0.39 is 45.3 Å². The molecule has 0 spiro atoms. The predicted octanol–water partition coefficient (Wildman–Crippen LogP) is 3.81. The zero-order valence-electron chi connectivity index (χ0n) is 11.7. The number of benzene rings is 1. The molecule has 2 rings (SSSR count). The molecule has 0 saturated carbocycles. The van der Waals surface area contributed by atoms with Crippen LogP contribution < -0.4 is 0 Å². The molecule has 0 N–H and O–H groups in total. The summed E-state index contributed by atoms with van der Waals surface area (Å²) in [5.41, 5.74) is -1.22. The summed E-state index contributed by atoms with van der Waals surface area (Å²) < 4.78 is 102. The smallest absolute Gasteiger partial charge is 0.207 e. The fourth-order valence-corrected chi connectivity index (χ4v) is 4.21. The summed E-state index contributed by atoms with van der Waals surface area (Å²) in [4.78, 5) is -0.788. The third kappa shape index (κ3) is 3.79. The average Bonchev–Trinajstić information content (AvgIpc) is 2.45. The molecule has 0 aromatic heterocycles. The molecule has 1 aliphatic heterocycles. The third-order valence-corrected chi connectivity index (χ3v) is 5.50. The summed E-state index contributed by atoms with van der Waals surface area (Å²) in [5, 5.41) is 0. The van der Waals surface area contributed by atoms with Crippen LogP contribution in [-0.4, -0.2) is 31.5 Å². The topological polar surface area (TPSA) is 37.4 Å². The zero-order chi connectivity index (χ0) is 17.5. The molecule has 1 heterocycles. The first-order chi connectivity index (χ1) is 10.4. The molecule has 0 radical (unpaired) electrons. The number of nitrogens with zero attached hydrogens (tertiary/aromatic N) is 1. The van der Waals surface area contributed by atoms with Gasteiger partial charge in [-0.2, -0.15) is 30.6 Å². The fourth-order valence-electron chi connectivity index (χ4n) is 2.49. The molecule has 1 saturated heterocycles. The normalized spacial score (nSPS) is 21.4. The molecule has 130 valence electrons. The maximum absolute atomic E-state index is 13.0. The summed E-state index contributed by atoms with van der Waals surface area (Å²) in [6, 6.07) is 0.540. The SMILES string of the molecule is O=S(=O)(c1cccc(C(F)(F)F)c1)N1CCCCC1C(F)(F)F. The van der Waals surface area contributed by atoms with Crippen molar-refractivity contribution in [3.05, 3.63) is 29.8 Å². The van der Waals surface area contributed by atoms with E-state index in [0.717, 1.165) is 12.1 Å². The van der Waals surface area contributed by atoms with Crippen molar-refractivity contribution in [2.75, 3.05) is 6.54 Å². The van der Waals surface area contributed by atoms with Gasteiger partial charge in [0.1, 0.15) is 6.04 Å². The highest BCUT2D eigenvalue weighted by Crippen LogP contribution is 2.36. The first-order valence-electron chi connectivity index (χ1n) is 6.70. The number of hydrogen-bond acceptors (Lipinski definition) is 2. The van der Waals surface area contributed by atoms with Crippen LogP contribution >= 0.6 is 0 Å². The van der Waals surface area contributed by atoms with E-state index in [1.807, 2.05) is 0 Å². The molecule has 0 aliphatic carbocycles. The van der Waals surface area contributed by atoms with Crippen molar-refractivity contribution in [3.8, 4) is 0 Å². The Morgan fingerprint density at radius 3 is 2.26 bits per heavy atom. The minimum absolute atomic E-state index is 0.207. The van der Waals surface area contributed by atoms with Crippen molar-refractivity contribution >= 4 is 10.0 Å². The van der Waals surface area contributed by atoms with E-state index in [2.05, 4.69) is 0 Å². The molecule has 0 amide bonds. The van der Waals surface area contributed by atoms with Crippen molar-refractivity contribution in [2.45, 2.75) is 42.6 Å². The summed E-state index contributed by atoms with van der Waals surface area (Å²) in [7, 11) is -4.66. The van der Waals surface area contributed by atoms with E-state index in [1.165, 1.54) is 0 Å². The van der Waals surface area contributed by atoms with Gasteiger partial charge in [-0.1, -0.05) is 12.5 Å². The van der Waals surface area contributed by atoms with Gasteiger partial charge >= 0.3 is 12.4 Å². The quantitative estimate of drug-likeness (QED) is 0.752. The predicted molar refractivity (Wildman–Crippen MR) is 69.0 cm³/mol. The van der Waals surface area contributed by atoms with E-state index in [1.54, 1.807) is 0 Å². The van der Waals surface area contributed by atoms with Gasteiger partial charge in [0.2, 0.25) is 10.0 Å². The van der Waals surface area contributed by atoms with Gasteiger partial charge in [-0.25, -0.2) is 8.42 Å². The Morgan fingerprint density at radius 1 is 1.04 bits per heavy atom. The summed E-state index contributed by atoms with van der Waals surface area (Å²) >= 11 is 0. The number of rotatable bonds is 2. The molecule has 1 aromatic carbocycles. The van der Waals surface area contributed by atoms with Crippen LogP contribution in [0.1, 0.15) is 24.8 Å². The maximum Gasteiger partial charge on any atom is 0.416 e. The number of piperidine rings is 1. The van der Waals surface area contributed by atoms with Gasteiger partial charge < -0.3 is 0 Å². The van der Waals surface area contributed by atoms with E-state index in [0.29, 0.717) is 12.1 Å². The second kappa shape index (κ2) is 5.97. The Hall–Kier alpha value is -1.29. The lowest BCUT2D eigenvalue weighted by molar-refractivity contribution is -0.177. The van der Waals surface area contributed by atoms with Crippen molar-refractivity contribution in [3.63, 3.8) is 0 Å². The summed E-state index contributed by atoms with van der Waals surface area (Å²) in [6.07, 6.45) is -9.52. The Morgan fingerprint density at radius 2 is 1.70 bits per heavy atom. The second-order valence-corrected chi connectivity index (χ2v) is 7.09. The van der Waals surface area contributed by atoms with Crippen LogP contribution in [0.5, 0.6) is 0 Å². The van der Waals surface area contributed by atoms with Gasteiger partial charge in [0.05, 0.1) is 10.5 Å². The Bertz CT molecular complexity index is 668. The molecular weight excluding hydrogens is 348 g/mol. The highest BCUT2D eigenvalue weighted by atomic mass is 32.2. The molecule has 1 atom stereocenters. The highest BCUT2D eigenvalue weighted by molar-refractivity contribution is 7.89. The van der Waals surface area contributed by atoms with Crippen LogP contribution in [0, 0.1) is 0 Å². The van der Waals surface area contributed by atoms with Crippen LogP contribution in [0.25, 0.3) is 0 Å². The lowest BCUT2D eigenvalue weighted by atomic mass is 10.0. The van der Waals surface area contributed by atoms with Crippen molar-refractivity contribution < 1.29 is 34.8 Å². The minimum atomic E-state index is -4.78. The second-order valence-electron chi connectivity index (χ2n) is 5.19. The molecule has 0 bridgehead atoms. The Kier molecular flexibility index (Phi) is 4.69. The van der Waals surface area contributed by atoms with Crippen LogP contribution in [0.15, 0.2) is 29.2 Å². The first kappa shape index (κ1) is 18.1. The number of halogens is 6. The zero-order valence-corrected chi connectivity index (χ0v) is 12.5. The lowest BCUT2D eigenvalue weighted by Gasteiger charge is -2.35. The van der Waals surface area contributed by atoms with Gasteiger partial charge in [0.15, 0.2) is 0 Å². The molecular formula is C13H13F6NO2S. The maximum atomic E-state index is 13.0. The number of alkyl halides is 6. The van der Waals surface area contributed by atoms with Crippen LogP contribution in [-0.2, 0) is 16.2 Å². The molecule has 1 aliphatic rings. The lowest BCUT2D eigenvalue weighted by Crippen LogP contribution is -2.51. The largest absolute Gasteiger partial charge is 0.416 e. The Balaban J connectivity index is 2.45. The van der Waals surface area contributed by atoms with E-state index in [9.17, 15) is 34.8 Å². The molecule has 1 fully saturated rings. The van der Waals surface area contributed by atoms with Crippen molar-refractivity contribution in [1.82, 2.24) is 4.31 Å². The average molecular weight is 361 g/mol. The van der Waals surface area contributed by atoms with E-state index in [4.69, 9.17) is 0 Å². The highest BCUT2D eigenvalue weighted by Gasteiger charge is 2.49. The van der Waals surface area contributed by atoms with Gasteiger partial charge in [-0.15, -0.1) is 0 Å². The molecule has 1 aromatic rings. The monoisotopic (exact) mass is 361 g/mol. The van der Waals surface area contributed by atoms with Crippen molar-refractivity contribution in [2.24, 2.45) is 0 Å². The molecule has 1 unspecified atom stereocenters. The van der Waals surface area contributed by atoms with Crippen LogP contribution in [0.2, 0.25) is 0 Å².